The highest BCUT2D eigenvalue weighted by molar-refractivity contribution is 7.71. The summed E-state index contributed by atoms with van der Waals surface area (Å²) in [5.41, 5.74) is 0. The average molecular weight is 284 g/mol. The van der Waals surface area contributed by atoms with Crippen molar-refractivity contribution in [1.29, 1.82) is 0 Å². The lowest BCUT2D eigenvalue weighted by Gasteiger charge is -2.04. The van der Waals surface area contributed by atoms with E-state index in [-0.39, 0.29) is 5.88 Å². The van der Waals surface area contributed by atoms with E-state index in [2.05, 4.69) is 11.9 Å². The molecule has 3 nitrogen and oxygen atoms in total. The van der Waals surface area contributed by atoms with Crippen LogP contribution in [0.5, 0.6) is 5.88 Å². The number of aromatic hydroxyl groups is 1. The minimum absolute atomic E-state index is 0.251. The summed E-state index contributed by atoms with van der Waals surface area (Å²) in [4.78, 5) is 2.85. The number of hydrogen-bond acceptors (Lipinski definition) is 2. The Labute approximate surface area is 122 Å². The van der Waals surface area contributed by atoms with E-state index in [4.69, 9.17) is 12.2 Å². The Morgan fingerprint density at radius 3 is 2.00 bits per heavy atom. The quantitative estimate of drug-likeness (QED) is 0.434. The van der Waals surface area contributed by atoms with Gasteiger partial charge in [0.15, 0.2) is 4.77 Å². The van der Waals surface area contributed by atoms with Gasteiger partial charge in [-0.2, -0.15) is 0 Å². The Kier molecular flexibility index (Phi) is 8.63. The molecular formula is C15H28N2OS. The van der Waals surface area contributed by atoms with Gasteiger partial charge in [-0.25, -0.2) is 0 Å². The molecule has 1 aromatic heterocycles. The largest absolute Gasteiger partial charge is 0.493 e. The van der Waals surface area contributed by atoms with Crippen molar-refractivity contribution in [3.8, 4) is 5.88 Å². The van der Waals surface area contributed by atoms with Crippen LogP contribution in [0.25, 0.3) is 0 Å². The molecule has 1 heterocycles. The summed E-state index contributed by atoms with van der Waals surface area (Å²) in [5.74, 6) is 0.251. The van der Waals surface area contributed by atoms with Gasteiger partial charge in [-0.3, -0.25) is 4.57 Å². The molecule has 1 rings (SSSR count). The zero-order chi connectivity index (χ0) is 13.9. The standard InChI is InChI=1S/C15H28N2OS/c1-2-3-4-5-6-7-8-9-10-11-12-17-14(18)13-16-15(17)19/h13,18H,2-12H2,1H3,(H,16,19). The van der Waals surface area contributed by atoms with Crippen molar-refractivity contribution < 1.29 is 5.11 Å². The van der Waals surface area contributed by atoms with Crippen LogP contribution in [-0.2, 0) is 6.54 Å². The molecule has 4 heteroatoms. The first-order valence-corrected chi connectivity index (χ1v) is 8.13. The van der Waals surface area contributed by atoms with Gasteiger partial charge in [-0.1, -0.05) is 64.7 Å². The molecule has 0 amide bonds. The summed E-state index contributed by atoms with van der Waals surface area (Å²) >= 11 is 5.09. The van der Waals surface area contributed by atoms with Gasteiger partial charge in [0.25, 0.3) is 0 Å². The molecule has 2 N–H and O–H groups in total. The summed E-state index contributed by atoms with van der Waals surface area (Å²) in [6, 6.07) is 0. The van der Waals surface area contributed by atoms with Crippen LogP contribution in [0.1, 0.15) is 71.1 Å². The first-order chi connectivity index (χ1) is 9.25. The predicted octanol–water partition coefficient (Wildman–Crippen LogP) is 5.17. The number of rotatable bonds is 11. The Morgan fingerprint density at radius 1 is 1.00 bits per heavy atom. The maximum Gasteiger partial charge on any atom is 0.209 e. The maximum atomic E-state index is 9.54. The minimum atomic E-state index is 0.251. The number of imidazole rings is 1. The van der Waals surface area contributed by atoms with Crippen LogP contribution in [0.4, 0.5) is 0 Å². The van der Waals surface area contributed by atoms with Gasteiger partial charge in [-0.05, 0) is 18.6 Å². The third-order valence-corrected chi connectivity index (χ3v) is 3.92. The van der Waals surface area contributed by atoms with E-state index in [1.165, 1.54) is 57.8 Å². The van der Waals surface area contributed by atoms with Gasteiger partial charge < -0.3 is 10.1 Å². The summed E-state index contributed by atoms with van der Waals surface area (Å²) in [5, 5.41) is 9.54. The molecule has 0 spiro atoms. The molecule has 0 unspecified atom stereocenters. The Bertz CT molecular complexity index is 384. The van der Waals surface area contributed by atoms with Crippen LogP contribution in [0.2, 0.25) is 0 Å². The lowest BCUT2D eigenvalue weighted by Crippen LogP contribution is -1.97. The molecule has 0 fully saturated rings. The van der Waals surface area contributed by atoms with Crippen LogP contribution < -0.4 is 0 Å². The van der Waals surface area contributed by atoms with Crippen molar-refractivity contribution >= 4 is 12.2 Å². The summed E-state index contributed by atoms with van der Waals surface area (Å²) in [6.45, 7) is 3.08. The fourth-order valence-electron chi connectivity index (χ4n) is 2.36. The van der Waals surface area contributed by atoms with Crippen molar-refractivity contribution in [1.82, 2.24) is 9.55 Å². The first-order valence-electron chi connectivity index (χ1n) is 7.73. The second-order valence-electron chi connectivity index (χ2n) is 5.29. The van der Waals surface area contributed by atoms with Crippen molar-refractivity contribution in [2.24, 2.45) is 0 Å². The molecule has 0 atom stereocenters. The smallest absolute Gasteiger partial charge is 0.209 e. The van der Waals surface area contributed by atoms with E-state index in [0.29, 0.717) is 4.77 Å². The fraction of sp³-hybridized carbons (Fsp3) is 0.800. The van der Waals surface area contributed by atoms with Gasteiger partial charge in [-0.15, -0.1) is 0 Å². The van der Waals surface area contributed by atoms with Crippen molar-refractivity contribution in [3.63, 3.8) is 0 Å². The Hall–Kier alpha value is -0.770. The normalized spacial score (nSPS) is 11.0. The van der Waals surface area contributed by atoms with E-state index in [9.17, 15) is 5.11 Å². The molecule has 0 aliphatic rings. The molecule has 0 saturated carbocycles. The van der Waals surface area contributed by atoms with E-state index in [0.717, 1.165) is 13.0 Å². The van der Waals surface area contributed by atoms with Gasteiger partial charge in [0, 0.05) is 6.54 Å². The van der Waals surface area contributed by atoms with Crippen molar-refractivity contribution in [2.75, 3.05) is 0 Å². The van der Waals surface area contributed by atoms with Crippen molar-refractivity contribution in [2.45, 2.75) is 77.7 Å². The molecular weight excluding hydrogens is 256 g/mol. The molecule has 1 aromatic rings. The van der Waals surface area contributed by atoms with Crippen molar-refractivity contribution in [3.05, 3.63) is 11.0 Å². The molecule has 0 aromatic carbocycles. The van der Waals surface area contributed by atoms with Crippen LogP contribution >= 0.6 is 12.2 Å². The number of aromatic amines is 1. The second-order valence-corrected chi connectivity index (χ2v) is 5.67. The second kappa shape index (κ2) is 10.1. The lowest BCUT2D eigenvalue weighted by atomic mass is 10.1. The zero-order valence-corrected chi connectivity index (χ0v) is 13.0. The molecule has 0 radical (unpaired) electrons. The Balaban J connectivity index is 1.93. The molecule has 0 aliphatic heterocycles. The van der Waals surface area contributed by atoms with E-state index >= 15 is 0 Å². The van der Waals surface area contributed by atoms with Gasteiger partial charge in [0.1, 0.15) is 0 Å². The van der Waals surface area contributed by atoms with E-state index < -0.39 is 0 Å². The van der Waals surface area contributed by atoms with Crippen LogP contribution in [0.3, 0.4) is 0 Å². The van der Waals surface area contributed by atoms with E-state index in [1.807, 2.05) is 0 Å². The Morgan fingerprint density at radius 2 is 1.53 bits per heavy atom. The highest BCUT2D eigenvalue weighted by atomic mass is 32.1. The monoisotopic (exact) mass is 284 g/mol. The van der Waals surface area contributed by atoms with Crippen LogP contribution in [0.15, 0.2) is 6.20 Å². The topological polar surface area (TPSA) is 41.0 Å². The number of nitrogens with zero attached hydrogens (tertiary/aromatic N) is 1. The summed E-state index contributed by atoms with van der Waals surface area (Å²) in [6.07, 6.45) is 14.8. The highest BCUT2D eigenvalue weighted by Gasteiger charge is 2.00. The maximum absolute atomic E-state index is 9.54. The first kappa shape index (κ1) is 16.3. The predicted molar refractivity (Wildman–Crippen MR) is 83.1 cm³/mol. The summed E-state index contributed by atoms with van der Waals surface area (Å²) < 4.78 is 2.38. The number of unbranched alkanes of at least 4 members (excludes halogenated alkanes) is 9. The lowest BCUT2D eigenvalue weighted by molar-refractivity contribution is 0.408. The number of nitrogens with one attached hydrogen (secondary N) is 1. The van der Waals surface area contributed by atoms with Crippen LogP contribution in [0, 0.1) is 4.77 Å². The minimum Gasteiger partial charge on any atom is -0.493 e. The highest BCUT2D eigenvalue weighted by Crippen LogP contribution is 2.13. The van der Waals surface area contributed by atoms with Gasteiger partial charge in [0.2, 0.25) is 5.88 Å². The molecule has 0 aliphatic carbocycles. The average Bonchev–Trinajstić information content (AvgIpc) is 2.72. The molecule has 0 saturated heterocycles. The molecule has 110 valence electrons. The number of hydrogen-bond donors (Lipinski definition) is 2. The fourth-order valence-corrected chi connectivity index (χ4v) is 2.60. The molecule has 0 bridgehead atoms. The van der Waals surface area contributed by atoms with E-state index in [1.54, 1.807) is 10.8 Å². The third-order valence-electron chi connectivity index (χ3n) is 3.58. The van der Waals surface area contributed by atoms with Crippen LogP contribution in [-0.4, -0.2) is 14.7 Å². The summed E-state index contributed by atoms with van der Waals surface area (Å²) in [7, 11) is 0. The zero-order valence-electron chi connectivity index (χ0n) is 12.2. The number of H-pyrrole nitrogens is 1. The van der Waals surface area contributed by atoms with Gasteiger partial charge in [0.05, 0.1) is 6.20 Å². The SMILES string of the molecule is CCCCCCCCCCCCn1c(O)c[nH]c1=S. The third kappa shape index (κ3) is 6.81. The molecule has 19 heavy (non-hydrogen) atoms. The van der Waals surface area contributed by atoms with Gasteiger partial charge >= 0.3 is 0 Å². The number of aromatic nitrogens is 2.